The van der Waals surface area contributed by atoms with Gasteiger partial charge in [-0.3, -0.25) is 19.6 Å². The van der Waals surface area contributed by atoms with Gasteiger partial charge in [0, 0.05) is 0 Å². The maximum absolute atomic E-state index is 11.8. The van der Waals surface area contributed by atoms with E-state index in [0.29, 0.717) is 0 Å². The topological polar surface area (TPSA) is 135 Å². The Hall–Kier alpha value is -3.03. The van der Waals surface area contributed by atoms with Gasteiger partial charge in [-0.1, -0.05) is 12.1 Å². The molecule has 0 fully saturated rings. The third-order valence-electron chi connectivity index (χ3n) is 2.30. The lowest BCUT2D eigenvalue weighted by Crippen LogP contribution is -2.30. The van der Waals surface area contributed by atoms with E-state index in [1.54, 1.807) is 12.1 Å². The van der Waals surface area contributed by atoms with Crippen LogP contribution in [0.25, 0.3) is 0 Å². The average Bonchev–Trinajstić information content (AvgIpc) is 2.30. The largest absolute Gasteiger partial charge is 0.506 e. The minimum atomic E-state index is -1.03. The van der Waals surface area contributed by atoms with E-state index < -0.39 is 28.6 Å². The normalized spacial score (nSPS) is 10.1. The number of anilines is 1. The summed E-state index contributed by atoms with van der Waals surface area (Å²) >= 11 is 0. The lowest BCUT2D eigenvalue weighted by molar-refractivity contribution is 0.102. The standard InChI is InChI=1S/C11H9N3O5/c15-6-4-2-1-3-5(6)12-8(16)7-9(17)13-11(19)14-10(7)18/h1-4,15H,(H,12,16)(H3,13,14,17,18,19). The van der Waals surface area contributed by atoms with Crippen LogP contribution in [0, 0.1) is 0 Å². The predicted molar refractivity (Wildman–Crippen MR) is 65.4 cm³/mol. The molecule has 0 saturated heterocycles. The van der Waals surface area contributed by atoms with Crippen LogP contribution >= 0.6 is 0 Å². The first-order chi connectivity index (χ1) is 8.99. The van der Waals surface area contributed by atoms with Gasteiger partial charge in [-0.25, -0.2) is 4.79 Å². The number of aromatic amines is 2. The number of benzene rings is 1. The molecule has 0 spiro atoms. The zero-order valence-corrected chi connectivity index (χ0v) is 9.43. The Morgan fingerprint density at radius 1 is 1.11 bits per heavy atom. The Labute approximate surface area is 105 Å². The third kappa shape index (κ3) is 2.46. The summed E-state index contributed by atoms with van der Waals surface area (Å²) in [5.74, 6) is -2.01. The highest BCUT2D eigenvalue weighted by molar-refractivity contribution is 6.06. The van der Waals surface area contributed by atoms with Crippen LogP contribution in [-0.2, 0) is 0 Å². The van der Waals surface area contributed by atoms with Crippen molar-refractivity contribution < 1.29 is 15.0 Å². The fourth-order valence-corrected chi connectivity index (χ4v) is 1.45. The zero-order valence-electron chi connectivity index (χ0n) is 9.43. The van der Waals surface area contributed by atoms with E-state index in [2.05, 4.69) is 5.32 Å². The van der Waals surface area contributed by atoms with E-state index in [9.17, 15) is 24.6 Å². The molecule has 0 radical (unpaired) electrons. The number of carbonyl (C=O) groups excluding carboxylic acids is 1. The van der Waals surface area contributed by atoms with Crippen LogP contribution in [0.2, 0.25) is 0 Å². The SMILES string of the molecule is O=C(Nc1ccccc1O)c1c(O)[nH]c(=O)[nH]c1=O. The van der Waals surface area contributed by atoms with Gasteiger partial charge >= 0.3 is 5.69 Å². The summed E-state index contributed by atoms with van der Waals surface area (Å²) in [5.41, 5.74) is -2.55. The number of amides is 1. The van der Waals surface area contributed by atoms with Crippen molar-refractivity contribution in [1.82, 2.24) is 9.97 Å². The second-order valence-electron chi connectivity index (χ2n) is 3.60. The highest BCUT2D eigenvalue weighted by atomic mass is 16.3. The van der Waals surface area contributed by atoms with Gasteiger partial charge < -0.3 is 15.5 Å². The first kappa shape index (κ1) is 12.4. The molecule has 0 aliphatic heterocycles. The number of phenols is 1. The van der Waals surface area contributed by atoms with Gasteiger partial charge in [0.1, 0.15) is 5.75 Å². The third-order valence-corrected chi connectivity index (χ3v) is 2.30. The minimum absolute atomic E-state index is 0.0671. The van der Waals surface area contributed by atoms with Crippen molar-refractivity contribution in [3.63, 3.8) is 0 Å². The van der Waals surface area contributed by atoms with E-state index in [1.807, 2.05) is 9.97 Å². The van der Waals surface area contributed by atoms with Crippen LogP contribution in [0.4, 0.5) is 5.69 Å². The summed E-state index contributed by atoms with van der Waals surface area (Å²) in [5, 5.41) is 21.1. The maximum Gasteiger partial charge on any atom is 0.328 e. The molecule has 0 atom stereocenters. The van der Waals surface area contributed by atoms with Gasteiger partial charge in [0.25, 0.3) is 11.5 Å². The highest BCUT2D eigenvalue weighted by Crippen LogP contribution is 2.22. The van der Waals surface area contributed by atoms with Crippen LogP contribution in [0.5, 0.6) is 11.6 Å². The van der Waals surface area contributed by atoms with Crippen molar-refractivity contribution in [2.75, 3.05) is 5.32 Å². The molecule has 1 heterocycles. The number of para-hydroxylation sites is 2. The molecule has 2 aromatic rings. The molecular formula is C11H9N3O5. The Morgan fingerprint density at radius 2 is 1.79 bits per heavy atom. The van der Waals surface area contributed by atoms with E-state index in [0.717, 1.165) is 0 Å². The molecule has 0 bridgehead atoms. The number of aromatic nitrogens is 2. The average molecular weight is 263 g/mol. The number of hydrogen-bond acceptors (Lipinski definition) is 5. The molecule has 98 valence electrons. The lowest BCUT2D eigenvalue weighted by atomic mass is 10.2. The molecule has 0 aliphatic carbocycles. The van der Waals surface area contributed by atoms with Crippen molar-refractivity contribution in [3.8, 4) is 11.6 Å². The van der Waals surface area contributed by atoms with Crippen molar-refractivity contribution in [2.45, 2.75) is 0 Å². The van der Waals surface area contributed by atoms with E-state index >= 15 is 0 Å². The molecule has 0 unspecified atom stereocenters. The fraction of sp³-hybridized carbons (Fsp3) is 0. The fourth-order valence-electron chi connectivity index (χ4n) is 1.45. The number of H-pyrrole nitrogens is 2. The lowest BCUT2D eigenvalue weighted by Gasteiger charge is -2.06. The Morgan fingerprint density at radius 3 is 2.42 bits per heavy atom. The van der Waals surface area contributed by atoms with Crippen LogP contribution < -0.4 is 16.6 Å². The van der Waals surface area contributed by atoms with Gasteiger partial charge in [0.15, 0.2) is 5.56 Å². The minimum Gasteiger partial charge on any atom is -0.506 e. The van der Waals surface area contributed by atoms with Crippen molar-refractivity contribution in [2.24, 2.45) is 0 Å². The predicted octanol–water partition coefficient (Wildman–Crippen LogP) is -0.273. The highest BCUT2D eigenvalue weighted by Gasteiger charge is 2.18. The molecular weight excluding hydrogens is 254 g/mol. The molecule has 0 saturated carbocycles. The van der Waals surface area contributed by atoms with Gasteiger partial charge in [0.05, 0.1) is 5.69 Å². The van der Waals surface area contributed by atoms with Crippen LogP contribution in [0.3, 0.4) is 0 Å². The Bertz CT molecular complexity index is 746. The van der Waals surface area contributed by atoms with E-state index in [-0.39, 0.29) is 11.4 Å². The first-order valence-electron chi connectivity index (χ1n) is 5.14. The van der Waals surface area contributed by atoms with Gasteiger partial charge in [-0.2, -0.15) is 0 Å². The summed E-state index contributed by atoms with van der Waals surface area (Å²) in [6.45, 7) is 0. The van der Waals surface area contributed by atoms with Crippen molar-refractivity contribution >= 4 is 11.6 Å². The van der Waals surface area contributed by atoms with E-state index in [1.165, 1.54) is 12.1 Å². The van der Waals surface area contributed by atoms with Gasteiger partial charge in [-0.15, -0.1) is 0 Å². The van der Waals surface area contributed by atoms with E-state index in [4.69, 9.17) is 0 Å². The Balaban J connectivity index is 2.39. The van der Waals surface area contributed by atoms with Gasteiger partial charge in [0.2, 0.25) is 5.88 Å². The molecule has 8 heteroatoms. The quantitative estimate of drug-likeness (QED) is 0.475. The summed E-state index contributed by atoms with van der Waals surface area (Å²) in [4.78, 5) is 37.8. The molecule has 5 N–H and O–H groups in total. The molecule has 0 aliphatic rings. The number of aromatic hydroxyl groups is 2. The van der Waals surface area contributed by atoms with Gasteiger partial charge in [-0.05, 0) is 12.1 Å². The smallest absolute Gasteiger partial charge is 0.328 e. The molecule has 8 nitrogen and oxygen atoms in total. The number of nitrogens with one attached hydrogen (secondary N) is 3. The molecule has 19 heavy (non-hydrogen) atoms. The number of phenolic OH excluding ortho intramolecular Hbond substituents is 1. The Kier molecular flexibility index (Phi) is 3.06. The number of rotatable bonds is 2. The maximum atomic E-state index is 11.8. The second-order valence-corrected chi connectivity index (χ2v) is 3.60. The summed E-state index contributed by atoms with van der Waals surface area (Å²) in [7, 11) is 0. The monoisotopic (exact) mass is 263 g/mol. The van der Waals surface area contributed by atoms with Crippen LogP contribution in [0.15, 0.2) is 33.9 Å². The first-order valence-corrected chi connectivity index (χ1v) is 5.14. The molecule has 1 amide bonds. The molecule has 1 aromatic carbocycles. The zero-order chi connectivity index (χ0) is 14.0. The summed E-state index contributed by atoms with van der Waals surface area (Å²) in [6.07, 6.45) is 0. The van der Waals surface area contributed by atoms with Crippen LogP contribution in [0.1, 0.15) is 10.4 Å². The van der Waals surface area contributed by atoms with Crippen molar-refractivity contribution in [1.29, 1.82) is 0 Å². The summed E-state index contributed by atoms with van der Waals surface area (Å²) < 4.78 is 0. The summed E-state index contributed by atoms with van der Waals surface area (Å²) in [6, 6.07) is 5.86. The second kappa shape index (κ2) is 4.69. The molecule has 1 aromatic heterocycles. The van der Waals surface area contributed by atoms with Crippen molar-refractivity contribution in [3.05, 3.63) is 50.7 Å². The van der Waals surface area contributed by atoms with Crippen LogP contribution in [-0.4, -0.2) is 26.1 Å². The number of carbonyl (C=O) groups is 1. The number of hydrogen-bond donors (Lipinski definition) is 5. The molecule has 2 rings (SSSR count).